The lowest BCUT2D eigenvalue weighted by atomic mass is 9.96. The van der Waals surface area contributed by atoms with E-state index < -0.39 is 0 Å². The number of ether oxygens (including phenoxy) is 2. The molecule has 1 aromatic carbocycles. The van der Waals surface area contributed by atoms with E-state index in [1.165, 1.54) is 25.9 Å². The predicted octanol–water partition coefficient (Wildman–Crippen LogP) is 3.35. The molecule has 0 bridgehead atoms. The van der Waals surface area contributed by atoms with Crippen molar-refractivity contribution < 1.29 is 9.47 Å². The number of halogens is 1. The highest BCUT2D eigenvalue weighted by atomic mass is 35.5. The SMILES string of the molecule is COc1cc(OC)c([C@H](C)NCC2CCN(C)CC2)cc1Cl. The average molecular weight is 327 g/mol. The Hall–Kier alpha value is -0.970. The van der Waals surface area contributed by atoms with Gasteiger partial charge in [0.1, 0.15) is 11.5 Å². The quantitative estimate of drug-likeness (QED) is 0.869. The number of benzene rings is 1. The summed E-state index contributed by atoms with van der Waals surface area (Å²) >= 11 is 6.25. The van der Waals surface area contributed by atoms with Crippen molar-refractivity contribution in [1.29, 1.82) is 0 Å². The highest BCUT2D eigenvalue weighted by molar-refractivity contribution is 6.32. The zero-order valence-corrected chi connectivity index (χ0v) is 14.7. The Morgan fingerprint density at radius 1 is 1.23 bits per heavy atom. The van der Waals surface area contributed by atoms with Crippen LogP contribution in [0.4, 0.5) is 0 Å². The second-order valence-corrected chi connectivity index (χ2v) is 6.51. The number of piperidine rings is 1. The van der Waals surface area contributed by atoms with Gasteiger partial charge in [0, 0.05) is 17.7 Å². The summed E-state index contributed by atoms with van der Waals surface area (Å²) in [6.07, 6.45) is 2.52. The molecule has 0 saturated carbocycles. The van der Waals surface area contributed by atoms with Crippen molar-refractivity contribution in [3.05, 3.63) is 22.7 Å². The van der Waals surface area contributed by atoms with Gasteiger partial charge in [0.2, 0.25) is 0 Å². The fourth-order valence-electron chi connectivity index (χ4n) is 2.94. The normalized spacial score (nSPS) is 18.2. The van der Waals surface area contributed by atoms with Crippen molar-refractivity contribution in [2.45, 2.75) is 25.8 Å². The molecule has 2 rings (SSSR count). The van der Waals surface area contributed by atoms with Gasteiger partial charge >= 0.3 is 0 Å². The molecule has 1 N–H and O–H groups in total. The molecule has 124 valence electrons. The molecular formula is C17H27ClN2O2. The van der Waals surface area contributed by atoms with Crippen LogP contribution in [-0.2, 0) is 0 Å². The molecule has 5 heteroatoms. The van der Waals surface area contributed by atoms with Gasteiger partial charge in [0.05, 0.1) is 19.2 Å². The van der Waals surface area contributed by atoms with Crippen LogP contribution in [0.5, 0.6) is 11.5 Å². The highest BCUT2D eigenvalue weighted by Crippen LogP contribution is 2.35. The van der Waals surface area contributed by atoms with E-state index in [9.17, 15) is 0 Å². The van der Waals surface area contributed by atoms with Crippen LogP contribution in [0.2, 0.25) is 5.02 Å². The summed E-state index contributed by atoms with van der Waals surface area (Å²) in [4.78, 5) is 2.40. The minimum absolute atomic E-state index is 0.193. The van der Waals surface area contributed by atoms with Crippen LogP contribution in [0, 0.1) is 5.92 Å². The Balaban J connectivity index is 1.99. The Bertz CT molecular complexity index is 488. The zero-order chi connectivity index (χ0) is 16.1. The van der Waals surface area contributed by atoms with E-state index in [0.29, 0.717) is 10.8 Å². The molecule has 1 aliphatic heterocycles. The van der Waals surface area contributed by atoms with Crippen LogP contribution >= 0.6 is 11.6 Å². The summed E-state index contributed by atoms with van der Waals surface area (Å²) < 4.78 is 10.7. The van der Waals surface area contributed by atoms with Crippen molar-refractivity contribution >= 4 is 11.6 Å². The van der Waals surface area contributed by atoms with E-state index >= 15 is 0 Å². The Morgan fingerprint density at radius 2 is 1.86 bits per heavy atom. The second-order valence-electron chi connectivity index (χ2n) is 6.11. The fraction of sp³-hybridized carbons (Fsp3) is 0.647. The number of rotatable bonds is 6. The third-order valence-electron chi connectivity index (χ3n) is 4.52. The first-order chi connectivity index (χ1) is 10.5. The molecule has 1 heterocycles. The molecule has 1 atom stereocenters. The van der Waals surface area contributed by atoms with E-state index in [1.54, 1.807) is 14.2 Å². The lowest BCUT2D eigenvalue weighted by Gasteiger charge is -2.30. The molecule has 1 saturated heterocycles. The van der Waals surface area contributed by atoms with Crippen LogP contribution < -0.4 is 14.8 Å². The molecule has 0 aromatic heterocycles. The number of hydrogen-bond donors (Lipinski definition) is 1. The third-order valence-corrected chi connectivity index (χ3v) is 4.82. The van der Waals surface area contributed by atoms with Crippen molar-refractivity contribution in [2.75, 3.05) is 40.9 Å². The standard InChI is InChI=1S/C17H27ClN2O2/c1-12(19-11-13-5-7-20(2)8-6-13)14-9-15(18)17(22-4)10-16(14)21-3/h9-10,12-13,19H,5-8,11H2,1-4H3/t12-/m0/s1. The van der Waals surface area contributed by atoms with Crippen LogP contribution in [0.15, 0.2) is 12.1 Å². The van der Waals surface area contributed by atoms with Gasteiger partial charge in [0.15, 0.2) is 0 Å². The summed E-state index contributed by atoms with van der Waals surface area (Å²) in [5, 5.41) is 4.24. The smallest absolute Gasteiger partial charge is 0.141 e. The first kappa shape index (κ1) is 17.4. The van der Waals surface area contributed by atoms with E-state index in [0.717, 1.165) is 23.8 Å². The van der Waals surface area contributed by atoms with Gasteiger partial charge in [-0.2, -0.15) is 0 Å². The number of likely N-dealkylation sites (tertiary alicyclic amines) is 1. The van der Waals surface area contributed by atoms with Gasteiger partial charge in [-0.15, -0.1) is 0 Å². The van der Waals surface area contributed by atoms with Gasteiger partial charge in [-0.25, -0.2) is 0 Å². The van der Waals surface area contributed by atoms with Crippen LogP contribution in [0.25, 0.3) is 0 Å². The zero-order valence-electron chi connectivity index (χ0n) is 14.0. The molecule has 0 spiro atoms. The van der Waals surface area contributed by atoms with Crippen molar-refractivity contribution in [1.82, 2.24) is 10.2 Å². The maximum atomic E-state index is 6.25. The first-order valence-electron chi connectivity index (χ1n) is 7.88. The summed E-state index contributed by atoms with van der Waals surface area (Å²) in [5.74, 6) is 2.20. The van der Waals surface area contributed by atoms with Gasteiger partial charge < -0.3 is 19.7 Å². The number of methoxy groups -OCH3 is 2. The summed E-state index contributed by atoms with van der Waals surface area (Å²) in [7, 11) is 5.48. The van der Waals surface area contributed by atoms with Crippen LogP contribution in [-0.4, -0.2) is 45.8 Å². The second kappa shape index (κ2) is 8.04. The molecule has 1 aliphatic rings. The number of nitrogens with one attached hydrogen (secondary N) is 1. The minimum atomic E-state index is 0.193. The van der Waals surface area contributed by atoms with Gasteiger partial charge in [-0.3, -0.25) is 0 Å². The van der Waals surface area contributed by atoms with E-state index in [1.807, 2.05) is 12.1 Å². The van der Waals surface area contributed by atoms with Gasteiger partial charge in [-0.05, 0) is 58.4 Å². The number of nitrogens with zero attached hydrogens (tertiary/aromatic N) is 1. The van der Waals surface area contributed by atoms with E-state index in [4.69, 9.17) is 21.1 Å². The molecule has 0 amide bonds. The minimum Gasteiger partial charge on any atom is -0.496 e. The van der Waals surface area contributed by atoms with E-state index in [2.05, 4.69) is 24.2 Å². The molecule has 1 aromatic rings. The molecule has 1 fully saturated rings. The Kier molecular flexibility index (Phi) is 6.36. The van der Waals surface area contributed by atoms with Gasteiger partial charge in [-0.1, -0.05) is 11.6 Å². The van der Waals surface area contributed by atoms with Gasteiger partial charge in [0.25, 0.3) is 0 Å². The Labute approximate surface area is 138 Å². The molecule has 4 nitrogen and oxygen atoms in total. The van der Waals surface area contributed by atoms with Crippen molar-refractivity contribution in [3.63, 3.8) is 0 Å². The Morgan fingerprint density at radius 3 is 2.45 bits per heavy atom. The first-order valence-corrected chi connectivity index (χ1v) is 8.26. The lowest BCUT2D eigenvalue weighted by molar-refractivity contribution is 0.213. The van der Waals surface area contributed by atoms with Crippen LogP contribution in [0.3, 0.4) is 0 Å². The van der Waals surface area contributed by atoms with Crippen molar-refractivity contribution in [3.8, 4) is 11.5 Å². The average Bonchev–Trinajstić information content (AvgIpc) is 2.53. The fourth-order valence-corrected chi connectivity index (χ4v) is 3.19. The summed E-state index contributed by atoms with van der Waals surface area (Å²) in [6.45, 7) is 5.56. The van der Waals surface area contributed by atoms with Crippen LogP contribution in [0.1, 0.15) is 31.4 Å². The lowest BCUT2D eigenvalue weighted by Crippen LogP contribution is -2.35. The van der Waals surface area contributed by atoms with Crippen molar-refractivity contribution in [2.24, 2.45) is 5.92 Å². The number of hydrogen-bond acceptors (Lipinski definition) is 4. The maximum absolute atomic E-state index is 6.25. The topological polar surface area (TPSA) is 33.7 Å². The molecule has 22 heavy (non-hydrogen) atoms. The summed E-state index contributed by atoms with van der Waals surface area (Å²) in [5.41, 5.74) is 1.07. The molecule has 0 aliphatic carbocycles. The molecule has 0 unspecified atom stereocenters. The molecule has 0 radical (unpaired) electrons. The summed E-state index contributed by atoms with van der Waals surface area (Å²) in [6, 6.07) is 3.98. The predicted molar refractivity (Wildman–Crippen MR) is 91.2 cm³/mol. The highest BCUT2D eigenvalue weighted by Gasteiger charge is 2.19. The largest absolute Gasteiger partial charge is 0.496 e. The maximum Gasteiger partial charge on any atom is 0.141 e. The molecular weight excluding hydrogens is 300 g/mol. The van der Waals surface area contributed by atoms with E-state index in [-0.39, 0.29) is 6.04 Å². The monoisotopic (exact) mass is 326 g/mol. The third kappa shape index (κ3) is 4.28.